The summed E-state index contributed by atoms with van der Waals surface area (Å²) in [7, 11) is 0. The molecule has 0 amide bonds. The monoisotopic (exact) mass is 670 g/mol. The number of benzene rings is 8. The van der Waals surface area contributed by atoms with Gasteiger partial charge in [0.25, 0.3) is 0 Å². The van der Waals surface area contributed by atoms with Crippen molar-refractivity contribution in [1.82, 2.24) is 4.98 Å². The summed E-state index contributed by atoms with van der Waals surface area (Å²) in [6.07, 6.45) is 0. The second-order valence-corrected chi connectivity index (χ2v) is 13.9. The Hall–Kier alpha value is -6.49. The van der Waals surface area contributed by atoms with E-state index in [1.807, 2.05) is 17.4 Å². The number of anilines is 3. The largest absolute Gasteiger partial charge is 0.436 e. The minimum Gasteiger partial charge on any atom is -0.436 e. The summed E-state index contributed by atoms with van der Waals surface area (Å²) in [5.74, 6) is 0.616. The number of fused-ring (bicyclic) bond motifs is 6. The normalized spacial score (nSPS) is 11.5. The molecule has 0 aliphatic carbocycles. The maximum Gasteiger partial charge on any atom is 0.227 e. The van der Waals surface area contributed by atoms with Crippen LogP contribution in [0.3, 0.4) is 0 Å². The van der Waals surface area contributed by atoms with Gasteiger partial charge in [0.15, 0.2) is 5.58 Å². The Morgan fingerprint density at radius 2 is 1.02 bits per heavy atom. The average molecular weight is 671 g/mol. The fourth-order valence-electron chi connectivity index (χ4n) is 7.22. The Bertz CT molecular complexity index is 2850. The lowest BCUT2D eigenvalue weighted by Gasteiger charge is -2.27. The highest BCUT2D eigenvalue weighted by Gasteiger charge is 2.20. The van der Waals surface area contributed by atoms with Gasteiger partial charge in [0.05, 0.1) is 5.69 Å². The predicted octanol–water partition coefficient (Wildman–Crippen LogP) is 13.8. The van der Waals surface area contributed by atoms with Gasteiger partial charge < -0.3 is 9.32 Å². The molecule has 0 fully saturated rings. The molecule has 10 aromatic rings. The molecule has 0 saturated carbocycles. The first-order valence-corrected chi connectivity index (χ1v) is 17.9. The summed E-state index contributed by atoms with van der Waals surface area (Å²) in [5.41, 5.74) is 10.5. The highest BCUT2D eigenvalue weighted by Crippen LogP contribution is 2.44. The van der Waals surface area contributed by atoms with Crippen molar-refractivity contribution in [2.75, 3.05) is 4.90 Å². The van der Waals surface area contributed by atoms with E-state index in [0.717, 1.165) is 50.1 Å². The Morgan fingerprint density at radius 3 is 1.84 bits per heavy atom. The molecule has 0 saturated heterocycles. The van der Waals surface area contributed by atoms with Crippen molar-refractivity contribution in [1.29, 1.82) is 0 Å². The van der Waals surface area contributed by atoms with Gasteiger partial charge in [0.1, 0.15) is 5.52 Å². The molecule has 0 unspecified atom stereocenters. The van der Waals surface area contributed by atoms with Crippen molar-refractivity contribution in [3.05, 3.63) is 182 Å². The highest BCUT2D eigenvalue weighted by atomic mass is 32.1. The molecule has 2 aromatic heterocycles. The number of hydrogen-bond acceptors (Lipinski definition) is 4. The number of aromatic nitrogens is 1. The van der Waals surface area contributed by atoms with Crippen LogP contribution in [0, 0.1) is 0 Å². The van der Waals surface area contributed by atoms with Crippen molar-refractivity contribution < 1.29 is 4.42 Å². The lowest BCUT2D eigenvalue weighted by atomic mass is 10.0. The summed E-state index contributed by atoms with van der Waals surface area (Å²) in [6, 6.07) is 64.5. The Morgan fingerprint density at radius 1 is 0.412 bits per heavy atom. The van der Waals surface area contributed by atoms with E-state index in [1.165, 1.54) is 36.9 Å². The molecule has 0 bridgehead atoms. The summed E-state index contributed by atoms with van der Waals surface area (Å²) in [5, 5.41) is 4.73. The second kappa shape index (κ2) is 12.1. The van der Waals surface area contributed by atoms with Crippen LogP contribution in [0.1, 0.15) is 0 Å². The summed E-state index contributed by atoms with van der Waals surface area (Å²) < 4.78 is 8.96. The molecule has 0 spiro atoms. The smallest absolute Gasteiger partial charge is 0.227 e. The average Bonchev–Trinajstić information content (AvgIpc) is 3.81. The molecule has 0 N–H and O–H groups in total. The first-order valence-electron chi connectivity index (χ1n) is 17.1. The van der Waals surface area contributed by atoms with Gasteiger partial charge in [-0.1, -0.05) is 121 Å². The van der Waals surface area contributed by atoms with Gasteiger partial charge >= 0.3 is 0 Å². The van der Waals surface area contributed by atoms with Crippen molar-refractivity contribution in [3.63, 3.8) is 0 Å². The quantitative estimate of drug-likeness (QED) is 0.176. The molecule has 8 aromatic carbocycles. The molecular formula is C47H30N2OS. The van der Waals surface area contributed by atoms with Crippen molar-refractivity contribution in [2.45, 2.75) is 0 Å². The first-order chi connectivity index (χ1) is 25.3. The van der Waals surface area contributed by atoms with E-state index in [2.05, 4.69) is 181 Å². The van der Waals surface area contributed by atoms with Gasteiger partial charge in [-0.15, -0.1) is 11.3 Å². The summed E-state index contributed by atoms with van der Waals surface area (Å²) >= 11 is 1.84. The van der Waals surface area contributed by atoms with Crippen molar-refractivity contribution in [2.24, 2.45) is 0 Å². The molecule has 3 nitrogen and oxygen atoms in total. The topological polar surface area (TPSA) is 29.3 Å². The lowest BCUT2D eigenvalue weighted by molar-refractivity contribution is 0.620. The second-order valence-electron chi connectivity index (χ2n) is 12.8. The lowest BCUT2D eigenvalue weighted by Crippen LogP contribution is -2.10. The standard InChI is InChI=1S/C47H30N2OS/c1-3-11-31(12-4-1)33-21-23-34(24-22-33)47-48-46-41-18-10-19-42(38(41)27-28-43(46)50-47)49(36-16-9-15-35(29-36)32-13-5-2-6-14-32)37-25-26-40-39-17-7-8-20-44(39)51-45(40)30-37/h1-30H. The van der Waals surface area contributed by atoms with Crippen LogP contribution in [0.2, 0.25) is 0 Å². The van der Waals surface area contributed by atoms with E-state index in [-0.39, 0.29) is 0 Å². The minimum atomic E-state index is 0.616. The number of hydrogen-bond donors (Lipinski definition) is 0. The van der Waals surface area contributed by atoms with Crippen LogP contribution in [0.5, 0.6) is 0 Å². The minimum absolute atomic E-state index is 0.616. The van der Waals surface area contributed by atoms with Crippen LogP contribution >= 0.6 is 11.3 Å². The maximum absolute atomic E-state index is 6.40. The summed E-state index contributed by atoms with van der Waals surface area (Å²) in [6.45, 7) is 0. The number of oxazole rings is 1. The van der Waals surface area contributed by atoms with E-state index in [1.54, 1.807) is 0 Å². The van der Waals surface area contributed by atoms with Gasteiger partial charge in [-0.2, -0.15) is 0 Å². The van der Waals surface area contributed by atoms with E-state index in [4.69, 9.17) is 9.40 Å². The van der Waals surface area contributed by atoms with Crippen LogP contribution < -0.4 is 4.90 Å². The SMILES string of the molecule is c1ccc(-c2ccc(-c3nc4c(ccc5c(N(c6cccc(-c7ccccc7)c6)c6ccc7c(c6)sc6ccccc67)cccc54)o3)cc2)cc1. The molecule has 10 rings (SSSR count). The van der Waals surface area contributed by atoms with E-state index in [9.17, 15) is 0 Å². The van der Waals surface area contributed by atoms with Crippen LogP contribution in [-0.4, -0.2) is 4.98 Å². The number of thiophene rings is 1. The van der Waals surface area contributed by atoms with Gasteiger partial charge in [-0.3, -0.25) is 0 Å². The van der Waals surface area contributed by atoms with Crippen LogP contribution in [0.4, 0.5) is 17.1 Å². The maximum atomic E-state index is 6.40. The van der Waals surface area contributed by atoms with E-state index < -0.39 is 0 Å². The van der Waals surface area contributed by atoms with Crippen LogP contribution in [0.25, 0.3) is 75.8 Å². The Balaban J connectivity index is 1.13. The van der Waals surface area contributed by atoms with Crippen molar-refractivity contribution >= 4 is 70.4 Å². The Labute approximate surface area is 299 Å². The Kier molecular flexibility index (Phi) is 7.00. The number of rotatable bonds is 6. The molecule has 0 aliphatic rings. The van der Waals surface area contributed by atoms with Crippen LogP contribution in [-0.2, 0) is 0 Å². The molecule has 0 aliphatic heterocycles. The van der Waals surface area contributed by atoms with Gasteiger partial charge in [-0.05, 0) is 82.9 Å². The molecule has 2 heterocycles. The van der Waals surface area contributed by atoms with Gasteiger partial charge in [0, 0.05) is 47.9 Å². The third kappa shape index (κ3) is 5.16. The predicted molar refractivity (Wildman–Crippen MR) is 215 cm³/mol. The number of nitrogens with zero attached hydrogens (tertiary/aromatic N) is 2. The third-order valence-corrected chi connectivity index (χ3v) is 10.8. The molecule has 4 heteroatoms. The zero-order valence-corrected chi connectivity index (χ0v) is 28.3. The summed E-state index contributed by atoms with van der Waals surface area (Å²) in [4.78, 5) is 7.48. The van der Waals surface area contributed by atoms with Crippen molar-refractivity contribution in [3.8, 4) is 33.7 Å². The molecule has 51 heavy (non-hydrogen) atoms. The van der Waals surface area contributed by atoms with Crippen LogP contribution in [0.15, 0.2) is 186 Å². The zero-order valence-electron chi connectivity index (χ0n) is 27.5. The van der Waals surface area contributed by atoms with E-state index in [0.29, 0.717) is 5.89 Å². The van der Waals surface area contributed by atoms with Gasteiger partial charge in [0.2, 0.25) is 5.89 Å². The fraction of sp³-hybridized carbons (Fsp3) is 0. The third-order valence-electron chi connectivity index (χ3n) is 9.70. The molecule has 0 radical (unpaired) electrons. The molecule has 240 valence electrons. The zero-order chi connectivity index (χ0) is 33.7. The fourth-order valence-corrected chi connectivity index (χ4v) is 8.36. The highest BCUT2D eigenvalue weighted by molar-refractivity contribution is 7.25. The van der Waals surface area contributed by atoms with E-state index >= 15 is 0 Å². The van der Waals surface area contributed by atoms with Gasteiger partial charge in [-0.25, -0.2) is 4.98 Å². The molecule has 0 atom stereocenters. The first kappa shape index (κ1) is 29.4. The molecular weight excluding hydrogens is 641 g/mol.